The van der Waals surface area contributed by atoms with Crippen LogP contribution in [-0.2, 0) is 55.0 Å². The van der Waals surface area contributed by atoms with Crippen molar-refractivity contribution in [3.05, 3.63) is 136 Å². The third-order valence-corrected chi connectivity index (χ3v) is 19.7. The van der Waals surface area contributed by atoms with Crippen LogP contribution in [0.2, 0.25) is 0 Å². The van der Waals surface area contributed by atoms with E-state index in [1.807, 2.05) is 81.5 Å². The lowest BCUT2D eigenvalue weighted by molar-refractivity contribution is -0.416. The predicted molar refractivity (Wildman–Crippen MR) is 350 cm³/mol. The summed E-state index contributed by atoms with van der Waals surface area (Å²) in [7, 11) is -8.57. The predicted octanol–water partition coefficient (Wildman–Crippen LogP) is 8.25. The minimum Gasteiger partial charge on any atom is -0.480 e. The summed E-state index contributed by atoms with van der Waals surface area (Å²) in [6, 6.07) is 22.9. The minimum atomic E-state index is -4.44. The van der Waals surface area contributed by atoms with Crippen molar-refractivity contribution in [1.82, 2.24) is 26.6 Å². The maximum absolute atomic E-state index is 14.4. The number of aliphatic hydroxyl groups is 1. The molecule has 0 saturated heterocycles. The van der Waals surface area contributed by atoms with Crippen molar-refractivity contribution in [2.45, 2.75) is 149 Å². The SMILES string of the molecule is CCC(C)(CC(C)(CC(C)(C)C(=O)NCC(=O)NCC(=O)O)C(=O)NCCCNC(=O)c1ccc(SC2=C(/C=C/C3=[N+](CS(=O)(=O)O)c4ccccc4C3(C)C)CCC/C2=C\C=C2/N(CCCCS(=O)(=O)O)c3ccccc3C2(C)C)cc1)C(=O)NCC(C)O. The molecule has 9 N–H and O–H groups in total. The molecule has 6 rings (SSSR count). The summed E-state index contributed by atoms with van der Waals surface area (Å²) in [6.45, 7) is 18.0. The molecule has 0 saturated carbocycles. The Morgan fingerprint density at radius 1 is 0.711 bits per heavy atom. The number of carboxylic acid groups (broad SMARTS) is 1. The van der Waals surface area contributed by atoms with Crippen LogP contribution >= 0.6 is 11.8 Å². The van der Waals surface area contributed by atoms with E-state index in [-0.39, 0.29) is 56.5 Å². The Morgan fingerprint density at radius 2 is 1.36 bits per heavy atom. The molecule has 24 heteroatoms. The van der Waals surface area contributed by atoms with E-state index in [0.29, 0.717) is 49.2 Å². The van der Waals surface area contributed by atoms with E-state index in [4.69, 9.17) is 5.11 Å². The number of amides is 5. The Balaban J connectivity index is 1.23. The first-order chi connectivity index (χ1) is 42.0. The highest BCUT2D eigenvalue weighted by molar-refractivity contribution is 8.03. The van der Waals surface area contributed by atoms with Crippen LogP contribution in [0.5, 0.6) is 0 Å². The summed E-state index contributed by atoms with van der Waals surface area (Å²) < 4.78 is 69.6. The van der Waals surface area contributed by atoms with Gasteiger partial charge in [-0.25, -0.2) is 0 Å². The number of carbonyl (C=O) groups excluding carboxylic acids is 5. The number of fused-ring (bicyclic) bond motifs is 2. The monoisotopic (exact) mass is 1300 g/mol. The fraction of sp³-hybridized carbons (Fsp3) is 0.500. The third-order valence-electron chi connectivity index (χ3n) is 17.1. The van der Waals surface area contributed by atoms with E-state index in [0.717, 1.165) is 56.3 Å². The fourth-order valence-electron chi connectivity index (χ4n) is 12.3. The molecule has 0 fully saturated rings. The fourth-order valence-corrected chi connectivity index (χ4v) is 14.6. The van der Waals surface area contributed by atoms with Gasteiger partial charge in [-0.2, -0.15) is 21.4 Å². The number of carbonyl (C=O) groups is 6. The number of rotatable bonds is 31. The molecule has 3 aromatic carbocycles. The zero-order valence-corrected chi connectivity index (χ0v) is 55.8. The smallest absolute Gasteiger partial charge is 0.326 e. The first kappa shape index (κ1) is 72.1. The van der Waals surface area contributed by atoms with Crippen LogP contribution in [-0.4, -0.2) is 139 Å². The van der Waals surface area contributed by atoms with Gasteiger partial charge in [0.2, 0.25) is 29.3 Å². The summed E-state index contributed by atoms with van der Waals surface area (Å²) in [5, 5.41) is 32.2. The van der Waals surface area contributed by atoms with Gasteiger partial charge in [-0.1, -0.05) is 109 Å². The number of allylic oxidation sites excluding steroid dienone is 7. The normalized spacial score (nSPS) is 18.2. The van der Waals surface area contributed by atoms with Crippen molar-refractivity contribution in [2.24, 2.45) is 16.2 Å². The number of hydrogen-bond acceptors (Lipinski definition) is 13. The number of unbranched alkanes of at least 4 members (excludes halogenated alkanes) is 1. The standard InChI is InChI=1S/C66H89N7O14S3/c1-11-65(9,60(80)70-38-44(2)74)42-66(10,41-62(3,4)59(79)71-39-55(75)69-40-56(76)77)61(81)68-35-19-34-67-58(78)47-26-30-48(31-27-47)88-57-45(28-32-53-63(5,6)49-22-12-14-24-51(49)72(53)36-16-17-37-89(82,83)84)20-18-21-46(57)29-33-54-64(7,8)50-23-13-15-25-52(50)73(54)43-90(85,86)87/h12-15,22-33,44,74H,11,16-21,34-43H2,1-10H3,(H7-,67,68,69,70,71,75,76,77,78,79,80,81,82,83,84,85,86,87)/p+1. The number of nitrogens with zero attached hydrogens (tertiary/aromatic N) is 2. The molecule has 2 aliphatic heterocycles. The lowest BCUT2D eigenvalue weighted by atomic mass is 9.64. The second-order valence-electron chi connectivity index (χ2n) is 25.9. The van der Waals surface area contributed by atoms with Crippen LogP contribution in [0.1, 0.15) is 149 Å². The average Bonchev–Trinajstić information content (AvgIpc) is 1.59. The number of para-hydroxylation sites is 2. The maximum Gasteiger partial charge on any atom is 0.326 e. The zero-order valence-electron chi connectivity index (χ0n) is 53.3. The van der Waals surface area contributed by atoms with Crippen LogP contribution in [0.25, 0.3) is 0 Å². The van der Waals surface area contributed by atoms with Crippen LogP contribution < -0.4 is 31.5 Å². The highest BCUT2D eigenvalue weighted by atomic mass is 32.2. The number of hydrogen-bond donors (Lipinski definition) is 9. The molecule has 0 aromatic heterocycles. The van der Waals surface area contributed by atoms with Crippen molar-refractivity contribution in [1.29, 1.82) is 0 Å². The Bertz CT molecular complexity index is 3590. The van der Waals surface area contributed by atoms with Crippen molar-refractivity contribution in [3.8, 4) is 0 Å². The van der Waals surface area contributed by atoms with Crippen LogP contribution in [0.15, 0.2) is 124 Å². The van der Waals surface area contributed by atoms with Gasteiger partial charge in [0.15, 0.2) is 5.71 Å². The zero-order chi connectivity index (χ0) is 66.6. The number of aliphatic hydroxyl groups excluding tert-OH is 1. The van der Waals surface area contributed by atoms with Crippen LogP contribution in [0.4, 0.5) is 11.4 Å². The van der Waals surface area contributed by atoms with Gasteiger partial charge in [-0.15, -0.1) is 0 Å². The van der Waals surface area contributed by atoms with E-state index in [1.54, 1.807) is 44.4 Å². The van der Waals surface area contributed by atoms with E-state index in [2.05, 4.69) is 69.6 Å². The third kappa shape index (κ3) is 18.8. The number of carboxylic acids is 1. The van der Waals surface area contributed by atoms with Gasteiger partial charge >= 0.3 is 16.1 Å². The molecule has 3 aromatic rings. The molecular weight excluding hydrogens is 1210 g/mol. The summed E-state index contributed by atoms with van der Waals surface area (Å²) in [5.74, 6) is -4.68. The number of anilines is 1. The lowest BCUT2D eigenvalue weighted by Gasteiger charge is -2.41. The van der Waals surface area contributed by atoms with Crippen molar-refractivity contribution in [2.75, 3.05) is 55.8 Å². The molecule has 2 heterocycles. The second kappa shape index (κ2) is 30.0. The lowest BCUT2D eigenvalue weighted by Crippen LogP contribution is -2.51. The molecule has 490 valence electrons. The van der Waals surface area contributed by atoms with E-state index in [9.17, 15) is 59.8 Å². The quantitative estimate of drug-likeness (QED) is 0.0166. The maximum atomic E-state index is 14.4. The summed E-state index contributed by atoms with van der Waals surface area (Å²) in [6.07, 6.45) is 11.0. The van der Waals surface area contributed by atoms with Crippen molar-refractivity contribution < 1.29 is 69.5 Å². The average molecular weight is 1300 g/mol. The molecule has 5 amide bonds. The van der Waals surface area contributed by atoms with Crippen molar-refractivity contribution >= 4 is 84.6 Å². The summed E-state index contributed by atoms with van der Waals surface area (Å²) in [4.78, 5) is 82.5. The topological polar surface area (TPSA) is 318 Å². The second-order valence-corrected chi connectivity index (χ2v) is 29.9. The van der Waals surface area contributed by atoms with Gasteiger partial charge in [0.25, 0.3) is 21.9 Å². The van der Waals surface area contributed by atoms with E-state index >= 15 is 0 Å². The van der Waals surface area contributed by atoms with Gasteiger partial charge in [0, 0.05) is 92.3 Å². The van der Waals surface area contributed by atoms with Gasteiger partial charge in [-0.05, 0) is 132 Å². The molecule has 0 radical (unpaired) electrons. The highest BCUT2D eigenvalue weighted by Crippen LogP contribution is 2.50. The molecule has 3 unspecified atom stereocenters. The number of thioether (sulfide) groups is 1. The molecule has 90 heavy (non-hydrogen) atoms. The van der Waals surface area contributed by atoms with Crippen molar-refractivity contribution in [3.63, 3.8) is 0 Å². The van der Waals surface area contributed by atoms with Gasteiger partial charge < -0.3 is 41.7 Å². The van der Waals surface area contributed by atoms with Crippen LogP contribution in [0, 0.1) is 16.2 Å². The first-order valence-corrected chi connectivity index (χ1v) is 34.5. The van der Waals surface area contributed by atoms with E-state index < -0.39 is 96.1 Å². The number of aliphatic carboxylic acids is 1. The molecule has 1 aliphatic carbocycles. The Kier molecular flexibility index (Phi) is 24.0. The largest absolute Gasteiger partial charge is 0.480 e. The molecule has 21 nitrogen and oxygen atoms in total. The van der Waals surface area contributed by atoms with Gasteiger partial charge in [0.1, 0.15) is 6.54 Å². The number of nitrogens with one attached hydrogen (secondary N) is 5. The Morgan fingerprint density at radius 3 is 2.00 bits per heavy atom. The summed E-state index contributed by atoms with van der Waals surface area (Å²) in [5.41, 5.74) is 3.10. The van der Waals surface area contributed by atoms with Gasteiger partial charge in [0.05, 0.1) is 23.8 Å². The first-order valence-electron chi connectivity index (χ1n) is 30.4. The summed E-state index contributed by atoms with van der Waals surface area (Å²) >= 11 is 1.54. The molecule has 3 aliphatic rings. The van der Waals surface area contributed by atoms with E-state index in [1.165, 1.54) is 18.7 Å². The Hall–Kier alpha value is -6.96. The number of benzene rings is 3. The molecule has 0 spiro atoms. The molecule has 0 bridgehead atoms. The van der Waals surface area contributed by atoms with Gasteiger partial charge in [-0.3, -0.25) is 37.9 Å². The Labute approximate surface area is 534 Å². The molecule has 3 atom stereocenters. The van der Waals surface area contributed by atoms with Crippen LogP contribution in [0.3, 0.4) is 0 Å². The minimum absolute atomic E-state index is 0.00336. The molecular formula is C66H90N7O14S3+. The highest BCUT2D eigenvalue weighted by Gasteiger charge is 2.49.